The standard InChI is InChI=1S/C21H35N2S/c1-17(2)20-15-19(21(24-20)18(3)4)11-9-7-6-8-10-12-23-14-13-22(5)16-23/h13-18H,6-12H2,1-5H3/q+1. The average Bonchev–Trinajstić information content (AvgIpc) is 3.13. The second kappa shape index (κ2) is 9.41. The van der Waals surface area contributed by atoms with Gasteiger partial charge in [-0.3, -0.25) is 0 Å². The molecular formula is C21H35N2S+. The maximum absolute atomic E-state index is 2.48. The molecule has 2 nitrogen and oxygen atoms in total. The van der Waals surface area contributed by atoms with Crippen LogP contribution in [0.15, 0.2) is 24.8 Å². The Hall–Kier alpha value is -1.09. The van der Waals surface area contributed by atoms with Crippen LogP contribution in [0.4, 0.5) is 0 Å². The third-order valence-electron chi connectivity index (χ3n) is 4.64. The summed E-state index contributed by atoms with van der Waals surface area (Å²) in [7, 11) is 2.08. The SMILES string of the molecule is CC(C)c1cc(CCCCCCCn2cc[n+](C)c2)c(C(C)C)s1. The molecule has 0 radical (unpaired) electrons. The van der Waals surface area contributed by atoms with Crippen LogP contribution in [0.3, 0.4) is 0 Å². The minimum absolute atomic E-state index is 0.664. The Bertz CT molecular complexity index is 607. The molecule has 24 heavy (non-hydrogen) atoms. The van der Waals surface area contributed by atoms with Crippen LogP contribution >= 0.6 is 11.3 Å². The highest BCUT2D eigenvalue weighted by Gasteiger charge is 2.13. The zero-order chi connectivity index (χ0) is 17.5. The monoisotopic (exact) mass is 347 g/mol. The maximum Gasteiger partial charge on any atom is 0.243 e. The lowest BCUT2D eigenvalue weighted by atomic mass is 10.0. The summed E-state index contributed by atoms with van der Waals surface area (Å²) in [5, 5.41) is 0. The average molecular weight is 348 g/mol. The van der Waals surface area contributed by atoms with Crippen molar-refractivity contribution < 1.29 is 4.57 Å². The number of rotatable bonds is 10. The van der Waals surface area contributed by atoms with Crippen LogP contribution in [-0.2, 0) is 20.0 Å². The first-order valence-electron chi connectivity index (χ1n) is 9.61. The summed E-state index contributed by atoms with van der Waals surface area (Å²) in [6.45, 7) is 10.4. The Kier molecular flexibility index (Phi) is 7.54. The van der Waals surface area contributed by atoms with Crippen molar-refractivity contribution in [2.75, 3.05) is 0 Å². The van der Waals surface area contributed by atoms with Gasteiger partial charge in [0.1, 0.15) is 12.4 Å². The van der Waals surface area contributed by atoms with Gasteiger partial charge in [0, 0.05) is 9.75 Å². The molecule has 0 bridgehead atoms. The third kappa shape index (κ3) is 5.77. The Morgan fingerprint density at radius 1 is 1.00 bits per heavy atom. The van der Waals surface area contributed by atoms with E-state index in [1.54, 1.807) is 15.3 Å². The fourth-order valence-corrected chi connectivity index (χ4v) is 4.43. The van der Waals surface area contributed by atoms with Gasteiger partial charge in [-0.2, -0.15) is 0 Å². The van der Waals surface area contributed by atoms with Gasteiger partial charge in [-0.25, -0.2) is 9.13 Å². The molecule has 0 spiro atoms. The van der Waals surface area contributed by atoms with E-state index < -0.39 is 0 Å². The molecule has 0 aliphatic heterocycles. The van der Waals surface area contributed by atoms with E-state index in [0.717, 1.165) is 6.54 Å². The predicted octanol–water partition coefficient (Wildman–Crippen LogP) is 5.81. The molecule has 0 atom stereocenters. The Morgan fingerprint density at radius 2 is 1.71 bits per heavy atom. The minimum atomic E-state index is 0.664. The van der Waals surface area contributed by atoms with E-state index in [4.69, 9.17) is 0 Å². The van der Waals surface area contributed by atoms with E-state index in [1.165, 1.54) is 38.5 Å². The van der Waals surface area contributed by atoms with Crippen LogP contribution in [0, 0.1) is 0 Å². The molecule has 0 aliphatic rings. The molecule has 0 fully saturated rings. The van der Waals surface area contributed by atoms with Crippen molar-refractivity contribution in [3.05, 3.63) is 40.1 Å². The summed E-state index contributed by atoms with van der Waals surface area (Å²) in [4.78, 5) is 3.19. The van der Waals surface area contributed by atoms with E-state index >= 15 is 0 Å². The summed E-state index contributed by atoms with van der Waals surface area (Å²) < 4.78 is 4.40. The number of hydrogen-bond donors (Lipinski definition) is 0. The number of unbranched alkanes of at least 4 members (excludes halogenated alkanes) is 4. The largest absolute Gasteiger partial charge is 0.243 e. The molecule has 2 aromatic heterocycles. The van der Waals surface area contributed by atoms with Crippen LogP contribution in [0.5, 0.6) is 0 Å². The summed E-state index contributed by atoms with van der Waals surface area (Å²) in [5.41, 5.74) is 1.62. The lowest BCUT2D eigenvalue weighted by Crippen LogP contribution is -2.23. The fraction of sp³-hybridized carbons (Fsp3) is 0.667. The van der Waals surface area contributed by atoms with Gasteiger partial charge in [0.25, 0.3) is 0 Å². The summed E-state index contributed by atoms with van der Waals surface area (Å²) in [6, 6.07) is 2.48. The fourth-order valence-electron chi connectivity index (χ4n) is 3.21. The zero-order valence-electron chi connectivity index (χ0n) is 16.2. The van der Waals surface area contributed by atoms with Gasteiger partial charge in [-0.1, -0.05) is 40.5 Å². The topological polar surface area (TPSA) is 8.81 Å². The first-order chi connectivity index (χ1) is 11.5. The Labute approximate surface area is 152 Å². The van der Waals surface area contributed by atoms with E-state index in [2.05, 4.69) is 68.7 Å². The number of nitrogens with zero attached hydrogens (tertiary/aromatic N) is 2. The normalized spacial score (nSPS) is 11.8. The van der Waals surface area contributed by atoms with Gasteiger partial charge in [0.05, 0.1) is 13.6 Å². The molecule has 0 saturated heterocycles. The van der Waals surface area contributed by atoms with Crippen molar-refractivity contribution >= 4 is 11.3 Å². The number of thiophene rings is 1. The van der Waals surface area contributed by atoms with Crippen molar-refractivity contribution in [2.45, 2.75) is 84.6 Å². The number of imidazole rings is 1. The molecular weight excluding hydrogens is 312 g/mol. The molecule has 134 valence electrons. The molecule has 0 saturated carbocycles. The van der Waals surface area contributed by atoms with Crippen LogP contribution in [-0.4, -0.2) is 4.57 Å². The second-order valence-corrected chi connectivity index (χ2v) is 8.80. The number of aromatic nitrogens is 2. The van der Waals surface area contributed by atoms with Crippen molar-refractivity contribution in [1.29, 1.82) is 0 Å². The summed E-state index contributed by atoms with van der Waals surface area (Å²) in [5.74, 6) is 1.33. The second-order valence-electron chi connectivity index (χ2n) is 7.68. The molecule has 2 rings (SSSR count). The maximum atomic E-state index is 2.48. The zero-order valence-corrected chi connectivity index (χ0v) is 17.0. The molecule has 0 aliphatic carbocycles. The third-order valence-corrected chi connectivity index (χ3v) is 6.42. The van der Waals surface area contributed by atoms with Crippen molar-refractivity contribution in [3.8, 4) is 0 Å². The van der Waals surface area contributed by atoms with Gasteiger partial charge in [0.2, 0.25) is 6.33 Å². The number of aryl methyl sites for hydroxylation is 3. The number of hydrogen-bond acceptors (Lipinski definition) is 1. The van der Waals surface area contributed by atoms with Crippen LogP contribution in [0.1, 0.15) is 87.0 Å². The summed E-state index contributed by atoms with van der Waals surface area (Å²) >= 11 is 2.04. The summed E-state index contributed by atoms with van der Waals surface area (Å²) in [6.07, 6.45) is 14.4. The highest BCUT2D eigenvalue weighted by atomic mass is 32.1. The minimum Gasteiger partial charge on any atom is -0.240 e. The highest BCUT2D eigenvalue weighted by molar-refractivity contribution is 7.12. The van der Waals surface area contributed by atoms with E-state index in [1.807, 2.05) is 11.3 Å². The lowest BCUT2D eigenvalue weighted by molar-refractivity contribution is -0.671. The van der Waals surface area contributed by atoms with Crippen molar-refractivity contribution in [1.82, 2.24) is 4.57 Å². The van der Waals surface area contributed by atoms with Crippen molar-refractivity contribution in [3.63, 3.8) is 0 Å². The molecule has 0 amide bonds. The van der Waals surface area contributed by atoms with Gasteiger partial charge in [-0.15, -0.1) is 11.3 Å². The predicted molar refractivity (Wildman–Crippen MR) is 105 cm³/mol. The van der Waals surface area contributed by atoms with E-state index in [9.17, 15) is 0 Å². The molecule has 2 aromatic rings. The highest BCUT2D eigenvalue weighted by Crippen LogP contribution is 2.34. The first kappa shape index (κ1) is 19.2. The molecule has 0 unspecified atom stereocenters. The van der Waals surface area contributed by atoms with Gasteiger partial charge in [0.15, 0.2) is 0 Å². The van der Waals surface area contributed by atoms with Gasteiger partial charge < -0.3 is 0 Å². The molecule has 3 heteroatoms. The van der Waals surface area contributed by atoms with Gasteiger partial charge in [-0.05, 0) is 49.1 Å². The molecule has 0 aromatic carbocycles. The van der Waals surface area contributed by atoms with Crippen LogP contribution in [0.2, 0.25) is 0 Å². The van der Waals surface area contributed by atoms with Crippen LogP contribution < -0.4 is 4.57 Å². The molecule has 2 heterocycles. The van der Waals surface area contributed by atoms with E-state index in [0.29, 0.717) is 11.8 Å². The first-order valence-corrected chi connectivity index (χ1v) is 10.4. The quantitative estimate of drug-likeness (QED) is 0.378. The van der Waals surface area contributed by atoms with Crippen molar-refractivity contribution in [2.24, 2.45) is 7.05 Å². The molecule has 0 N–H and O–H groups in total. The Balaban J connectivity index is 1.66. The van der Waals surface area contributed by atoms with Gasteiger partial charge >= 0.3 is 0 Å². The van der Waals surface area contributed by atoms with Crippen LogP contribution in [0.25, 0.3) is 0 Å². The van der Waals surface area contributed by atoms with E-state index in [-0.39, 0.29) is 0 Å². The Morgan fingerprint density at radius 3 is 2.33 bits per heavy atom. The lowest BCUT2D eigenvalue weighted by Gasteiger charge is -2.06. The smallest absolute Gasteiger partial charge is 0.240 e.